The van der Waals surface area contributed by atoms with E-state index in [9.17, 15) is 20.0 Å². The zero-order chi connectivity index (χ0) is 29.0. The predicted molar refractivity (Wildman–Crippen MR) is 157 cm³/mol. The highest BCUT2D eigenvalue weighted by Crippen LogP contribution is 2.66. The molecule has 2 aliphatic rings. The number of ether oxygens (including phenoxy) is 1. The summed E-state index contributed by atoms with van der Waals surface area (Å²) in [7, 11) is 0. The van der Waals surface area contributed by atoms with Gasteiger partial charge in [-0.3, -0.25) is 4.79 Å². The molecule has 1 heterocycles. The molecule has 212 valence electrons. The third-order valence-corrected chi connectivity index (χ3v) is 8.33. The number of fused-ring (bicyclic) bond motifs is 1. The number of nitriles is 1. The monoisotopic (exact) mass is 552 g/mol. The number of benzene rings is 3. The number of amides is 3. The van der Waals surface area contributed by atoms with Crippen molar-refractivity contribution in [2.45, 2.75) is 45.1 Å². The largest absolute Gasteiger partial charge is 0.508 e. The van der Waals surface area contributed by atoms with E-state index in [-0.39, 0.29) is 11.7 Å². The van der Waals surface area contributed by atoms with Gasteiger partial charge in [-0.1, -0.05) is 62.7 Å². The smallest absolute Gasteiger partial charge is 0.320 e. The molecule has 41 heavy (non-hydrogen) atoms. The number of aromatic hydroxyl groups is 1. The molecular formula is C33H36N4O4. The van der Waals surface area contributed by atoms with Gasteiger partial charge in [-0.15, -0.1) is 0 Å². The Kier molecular flexibility index (Phi) is 8.00. The summed E-state index contributed by atoms with van der Waals surface area (Å²) < 4.78 is 5.36. The third-order valence-electron chi connectivity index (χ3n) is 8.33. The number of hydrogen-bond acceptors (Lipinski definition) is 5. The number of carbonyl (C=O) groups is 2. The lowest BCUT2D eigenvalue weighted by molar-refractivity contribution is -0.135. The molecule has 3 aromatic carbocycles. The lowest BCUT2D eigenvalue weighted by atomic mass is 9.74. The van der Waals surface area contributed by atoms with E-state index in [0.29, 0.717) is 49.5 Å². The van der Waals surface area contributed by atoms with Gasteiger partial charge < -0.3 is 25.4 Å². The van der Waals surface area contributed by atoms with E-state index >= 15 is 0 Å². The van der Waals surface area contributed by atoms with Crippen molar-refractivity contribution in [3.63, 3.8) is 0 Å². The van der Waals surface area contributed by atoms with Crippen LogP contribution in [0.5, 0.6) is 5.75 Å². The molecular weight excluding hydrogens is 516 g/mol. The number of urea groups is 1. The van der Waals surface area contributed by atoms with Crippen LogP contribution in [-0.4, -0.2) is 48.2 Å². The maximum atomic E-state index is 13.5. The van der Waals surface area contributed by atoms with Crippen molar-refractivity contribution in [2.24, 2.45) is 5.41 Å². The maximum Gasteiger partial charge on any atom is 0.320 e. The first-order valence-corrected chi connectivity index (χ1v) is 14.1. The second-order valence-electron chi connectivity index (χ2n) is 11.4. The summed E-state index contributed by atoms with van der Waals surface area (Å²) in [6.45, 7) is 6.65. The SMILES string of the molecule is CC(C)(CCCCC(=O)N1CCOCC1)C1(NC(=O)Nc2cccc(C#N)c2)c2c(O)ccc(-c3ccccc3)c21. The highest BCUT2D eigenvalue weighted by molar-refractivity contribution is 5.94. The van der Waals surface area contributed by atoms with Crippen LogP contribution >= 0.6 is 0 Å². The zero-order valence-electron chi connectivity index (χ0n) is 23.6. The molecule has 3 amide bonds. The van der Waals surface area contributed by atoms with Gasteiger partial charge in [0.25, 0.3) is 0 Å². The van der Waals surface area contributed by atoms with Gasteiger partial charge in [0.2, 0.25) is 5.91 Å². The number of rotatable bonds is 9. The third kappa shape index (κ3) is 5.63. The Balaban J connectivity index is 1.39. The van der Waals surface area contributed by atoms with E-state index in [1.807, 2.05) is 41.3 Å². The van der Waals surface area contributed by atoms with Crippen LogP contribution in [0.3, 0.4) is 0 Å². The van der Waals surface area contributed by atoms with Gasteiger partial charge in [0.05, 0.1) is 24.8 Å². The number of nitrogens with one attached hydrogen (secondary N) is 2. The van der Waals surface area contributed by atoms with Crippen molar-refractivity contribution in [3.05, 3.63) is 83.4 Å². The highest BCUT2D eigenvalue weighted by Gasteiger charge is 2.64. The summed E-state index contributed by atoms with van der Waals surface area (Å²) in [6, 6.07) is 21.9. The van der Waals surface area contributed by atoms with Crippen LogP contribution in [0.15, 0.2) is 66.7 Å². The number of nitrogens with zero attached hydrogens (tertiary/aromatic N) is 2. The molecule has 0 saturated carbocycles. The lowest BCUT2D eigenvalue weighted by Crippen LogP contribution is -2.48. The Morgan fingerprint density at radius 1 is 1.02 bits per heavy atom. The summed E-state index contributed by atoms with van der Waals surface area (Å²) in [4.78, 5) is 28.0. The number of phenolic OH excluding ortho intramolecular Hbond substituents is 1. The van der Waals surface area contributed by atoms with Crippen LogP contribution in [0, 0.1) is 16.7 Å². The topological polar surface area (TPSA) is 115 Å². The van der Waals surface area contributed by atoms with Gasteiger partial charge in [0.15, 0.2) is 0 Å². The van der Waals surface area contributed by atoms with Gasteiger partial charge in [-0.05, 0) is 53.6 Å². The number of anilines is 1. The Labute approximate surface area is 240 Å². The Morgan fingerprint density at radius 2 is 1.78 bits per heavy atom. The van der Waals surface area contributed by atoms with Gasteiger partial charge in [-0.25, -0.2) is 4.79 Å². The highest BCUT2D eigenvalue weighted by atomic mass is 16.5. The zero-order valence-corrected chi connectivity index (χ0v) is 23.6. The Bertz CT molecular complexity index is 1470. The second kappa shape index (κ2) is 11.6. The molecule has 1 fully saturated rings. The minimum absolute atomic E-state index is 0.141. The molecule has 5 rings (SSSR count). The van der Waals surface area contributed by atoms with Gasteiger partial charge in [0, 0.05) is 36.3 Å². The average Bonchev–Trinajstić information content (AvgIpc) is 3.67. The molecule has 3 N–H and O–H groups in total. The molecule has 0 radical (unpaired) electrons. The van der Waals surface area contributed by atoms with Crippen molar-refractivity contribution in [3.8, 4) is 22.9 Å². The van der Waals surface area contributed by atoms with Crippen molar-refractivity contribution in [1.82, 2.24) is 10.2 Å². The van der Waals surface area contributed by atoms with Crippen molar-refractivity contribution in [1.29, 1.82) is 5.26 Å². The molecule has 1 aliphatic heterocycles. The van der Waals surface area contributed by atoms with Crippen molar-refractivity contribution in [2.75, 3.05) is 31.6 Å². The van der Waals surface area contributed by atoms with Crippen LogP contribution in [0.2, 0.25) is 0 Å². The predicted octanol–water partition coefficient (Wildman–Crippen LogP) is 5.75. The summed E-state index contributed by atoms with van der Waals surface area (Å²) in [5, 5.41) is 26.4. The van der Waals surface area contributed by atoms with E-state index in [2.05, 4.69) is 30.6 Å². The van der Waals surface area contributed by atoms with Crippen LogP contribution in [0.4, 0.5) is 10.5 Å². The molecule has 0 bridgehead atoms. The van der Waals surface area contributed by atoms with Crippen LogP contribution in [0.1, 0.15) is 56.2 Å². The first-order chi connectivity index (χ1) is 19.8. The summed E-state index contributed by atoms with van der Waals surface area (Å²) in [5.74, 6) is 0.290. The van der Waals surface area contributed by atoms with Gasteiger partial charge in [-0.2, -0.15) is 5.26 Å². The molecule has 8 nitrogen and oxygen atoms in total. The van der Waals surface area contributed by atoms with E-state index in [1.54, 1.807) is 30.3 Å². The van der Waals surface area contributed by atoms with Crippen molar-refractivity contribution < 1.29 is 19.4 Å². The first kappa shape index (κ1) is 28.2. The molecule has 0 aromatic heterocycles. The molecule has 1 saturated heterocycles. The standard InChI is InChI=1S/C33H36N4O4/c1-32(2,16-7-6-13-28(39)37-17-19-41-20-18-37)33(36-31(40)35-25-12-8-9-23(21-25)22-34)29-26(14-15-27(38)30(29)33)24-10-4-3-5-11-24/h3-5,8-12,14-15,21,38H,6-7,13,16-20H2,1-2H3,(H2,35,36,40). The fourth-order valence-corrected chi connectivity index (χ4v) is 6.10. The van der Waals surface area contributed by atoms with Crippen LogP contribution in [-0.2, 0) is 15.1 Å². The summed E-state index contributed by atoms with van der Waals surface area (Å²) in [6.07, 6.45) is 2.71. The molecule has 3 aromatic rings. The number of hydrogen-bond donors (Lipinski definition) is 3. The molecule has 1 aliphatic carbocycles. The van der Waals surface area contributed by atoms with Crippen LogP contribution in [0.25, 0.3) is 11.1 Å². The minimum atomic E-state index is -0.920. The number of morpholine rings is 1. The van der Waals surface area contributed by atoms with E-state index in [1.165, 1.54) is 0 Å². The van der Waals surface area contributed by atoms with E-state index < -0.39 is 17.0 Å². The molecule has 0 spiro atoms. The summed E-state index contributed by atoms with van der Waals surface area (Å²) in [5.41, 5.74) is 3.12. The van der Waals surface area contributed by atoms with E-state index in [4.69, 9.17) is 4.74 Å². The lowest BCUT2D eigenvalue weighted by Gasteiger charge is -2.37. The Hall–Kier alpha value is -4.35. The van der Waals surface area contributed by atoms with Gasteiger partial charge in [0.1, 0.15) is 11.3 Å². The number of carbonyl (C=O) groups excluding carboxylic acids is 2. The second-order valence-corrected chi connectivity index (χ2v) is 11.4. The fourth-order valence-electron chi connectivity index (χ4n) is 6.10. The quantitative estimate of drug-likeness (QED) is 0.292. The Morgan fingerprint density at radius 3 is 2.51 bits per heavy atom. The molecule has 8 heteroatoms. The first-order valence-electron chi connectivity index (χ1n) is 14.1. The number of phenols is 1. The molecule has 1 atom stereocenters. The maximum absolute atomic E-state index is 13.5. The van der Waals surface area contributed by atoms with Gasteiger partial charge >= 0.3 is 6.03 Å². The number of unbranched alkanes of at least 4 members (excludes halogenated alkanes) is 1. The molecule has 1 unspecified atom stereocenters. The summed E-state index contributed by atoms with van der Waals surface area (Å²) >= 11 is 0. The van der Waals surface area contributed by atoms with E-state index in [0.717, 1.165) is 36.0 Å². The fraction of sp³-hybridized carbons (Fsp3) is 0.364. The average molecular weight is 553 g/mol. The van der Waals surface area contributed by atoms with Crippen LogP contribution < -0.4 is 10.6 Å². The minimum Gasteiger partial charge on any atom is -0.508 e. The normalized spacial score (nSPS) is 17.7. The van der Waals surface area contributed by atoms with Crippen molar-refractivity contribution >= 4 is 17.6 Å².